The first kappa shape index (κ1) is 21.3. The molecule has 1 fully saturated rings. The fourth-order valence-electron chi connectivity index (χ4n) is 2.99. The summed E-state index contributed by atoms with van der Waals surface area (Å²) in [6.45, 7) is 0.808. The molecule has 0 aliphatic heterocycles. The van der Waals surface area contributed by atoms with Crippen molar-refractivity contribution < 1.29 is 23.8 Å². The summed E-state index contributed by atoms with van der Waals surface area (Å²) in [7, 11) is 1.42. The zero-order valence-corrected chi connectivity index (χ0v) is 16.3. The molecule has 1 aliphatic carbocycles. The topological polar surface area (TPSA) is 99.9 Å². The van der Waals surface area contributed by atoms with Crippen molar-refractivity contribution in [3.8, 4) is 11.5 Å². The van der Waals surface area contributed by atoms with Crippen LogP contribution in [0.2, 0.25) is 5.02 Å². The van der Waals surface area contributed by atoms with Gasteiger partial charge in [0, 0.05) is 18.7 Å². The molecular weight excluding hydrogens is 372 g/mol. The molecule has 0 spiro atoms. The predicted molar refractivity (Wildman–Crippen MR) is 102 cm³/mol. The predicted octanol–water partition coefficient (Wildman–Crippen LogP) is 2.68. The zero-order valence-electron chi connectivity index (χ0n) is 15.6. The van der Waals surface area contributed by atoms with Crippen molar-refractivity contribution in [3.05, 3.63) is 22.7 Å². The second kappa shape index (κ2) is 11.0. The van der Waals surface area contributed by atoms with Gasteiger partial charge in [-0.3, -0.25) is 9.59 Å². The van der Waals surface area contributed by atoms with Crippen LogP contribution < -0.4 is 20.5 Å². The average molecular weight is 399 g/mol. The van der Waals surface area contributed by atoms with E-state index >= 15 is 0 Å². The van der Waals surface area contributed by atoms with Crippen LogP contribution in [0.4, 0.5) is 0 Å². The minimum atomic E-state index is -0.634. The van der Waals surface area contributed by atoms with Gasteiger partial charge in [0.2, 0.25) is 0 Å². The Hall–Kier alpha value is -1.99. The minimum Gasteiger partial charge on any atom is -0.493 e. The SMILES string of the molecule is COc1cc(C(=O)NCCCOC2CCCCC2)cc(Cl)c1OCC(N)=O. The van der Waals surface area contributed by atoms with E-state index < -0.39 is 5.91 Å². The lowest BCUT2D eigenvalue weighted by Crippen LogP contribution is -2.26. The molecule has 0 unspecified atom stereocenters. The first-order chi connectivity index (χ1) is 13.0. The molecule has 3 N–H and O–H groups in total. The van der Waals surface area contributed by atoms with Gasteiger partial charge >= 0.3 is 0 Å². The van der Waals surface area contributed by atoms with Gasteiger partial charge in [0.1, 0.15) is 0 Å². The normalized spacial score (nSPS) is 14.6. The summed E-state index contributed by atoms with van der Waals surface area (Å²) in [6, 6.07) is 2.98. The number of carbonyl (C=O) groups excluding carboxylic acids is 2. The van der Waals surface area contributed by atoms with Crippen molar-refractivity contribution in [2.45, 2.75) is 44.6 Å². The van der Waals surface area contributed by atoms with Crippen LogP contribution in [-0.4, -0.2) is 44.8 Å². The molecule has 1 saturated carbocycles. The third kappa shape index (κ3) is 6.92. The van der Waals surface area contributed by atoms with E-state index in [1.807, 2.05) is 0 Å². The van der Waals surface area contributed by atoms with Crippen molar-refractivity contribution in [1.29, 1.82) is 0 Å². The minimum absolute atomic E-state index is 0.168. The van der Waals surface area contributed by atoms with Crippen molar-refractivity contribution >= 4 is 23.4 Å². The molecule has 1 aromatic carbocycles. The molecule has 8 heteroatoms. The molecule has 2 rings (SSSR count). The lowest BCUT2D eigenvalue weighted by molar-refractivity contribution is -0.119. The van der Waals surface area contributed by atoms with Crippen LogP contribution in [-0.2, 0) is 9.53 Å². The summed E-state index contributed by atoms with van der Waals surface area (Å²) in [6.07, 6.45) is 7.16. The molecule has 1 aliphatic rings. The molecule has 0 radical (unpaired) electrons. The van der Waals surface area contributed by atoms with E-state index in [4.69, 9.17) is 31.5 Å². The molecule has 7 nitrogen and oxygen atoms in total. The van der Waals surface area contributed by atoms with Crippen LogP contribution >= 0.6 is 11.6 Å². The number of methoxy groups -OCH3 is 1. The van der Waals surface area contributed by atoms with Crippen LogP contribution in [0.25, 0.3) is 0 Å². The van der Waals surface area contributed by atoms with E-state index in [1.165, 1.54) is 38.5 Å². The molecule has 0 aromatic heterocycles. The third-order valence-electron chi connectivity index (χ3n) is 4.36. The number of nitrogens with two attached hydrogens (primary N) is 1. The van der Waals surface area contributed by atoms with Gasteiger partial charge in [-0.25, -0.2) is 0 Å². The molecule has 0 saturated heterocycles. The van der Waals surface area contributed by atoms with Crippen LogP contribution in [0, 0.1) is 0 Å². The Labute approximate surface area is 164 Å². The highest BCUT2D eigenvalue weighted by Gasteiger charge is 2.17. The van der Waals surface area contributed by atoms with E-state index in [9.17, 15) is 9.59 Å². The van der Waals surface area contributed by atoms with Gasteiger partial charge in [-0.15, -0.1) is 0 Å². The molecule has 0 heterocycles. The maximum Gasteiger partial charge on any atom is 0.255 e. The van der Waals surface area contributed by atoms with Gasteiger partial charge in [0.05, 0.1) is 18.2 Å². The quantitative estimate of drug-likeness (QED) is 0.590. The van der Waals surface area contributed by atoms with Gasteiger partial charge in [0.25, 0.3) is 11.8 Å². The number of carbonyl (C=O) groups is 2. The maximum absolute atomic E-state index is 12.3. The van der Waals surface area contributed by atoms with Crippen molar-refractivity contribution in [1.82, 2.24) is 5.32 Å². The van der Waals surface area contributed by atoms with E-state index in [-0.39, 0.29) is 29.0 Å². The zero-order chi connectivity index (χ0) is 19.6. The summed E-state index contributed by atoms with van der Waals surface area (Å²) in [4.78, 5) is 23.2. The third-order valence-corrected chi connectivity index (χ3v) is 4.64. The molecule has 2 amide bonds. The largest absolute Gasteiger partial charge is 0.493 e. The van der Waals surface area contributed by atoms with Gasteiger partial charge in [-0.2, -0.15) is 0 Å². The number of nitrogens with one attached hydrogen (secondary N) is 1. The van der Waals surface area contributed by atoms with E-state index in [2.05, 4.69) is 5.32 Å². The molecule has 150 valence electrons. The Morgan fingerprint density at radius 2 is 2.00 bits per heavy atom. The molecule has 1 aromatic rings. The second-order valence-corrected chi connectivity index (χ2v) is 6.89. The second-order valence-electron chi connectivity index (χ2n) is 6.48. The maximum atomic E-state index is 12.3. The Kier molecular flexibility index (Phi) is 8.67. The van der Waals surface area contributed by atoms with Gasteiger partial charge < -0.3 is 25.3 Å². The highest BCUT2D eigenvalue weighted by Crippen LogP contribution is 2.36. The highest BCUT2D eigenvalue weighted by atomic mass is 35.5. The number of ether oxygens (including phenoxy) is 3. The number of rotatable bonds is 10. The average Bonchev–Trinajstić information content (AvgIpc) is 2.66. The van der Waals surface area contributed by atoms with Crippen molar-refractivity contribution in [2.75, 3.05) is 26.9 Å². The van der Waals surface area contributed by atoms with Crippen molar-refractivity contribution in [2.24, 2.45) is 5.73 Å². The van der Waals surface area contributed by atoms with Crippen LogP contribution in [0.15, 0.2) is 12.1 Å². The lowest BCUT2D eigenvalue weighted by atomic mass is 9.98. The van der Waals surface area contributed by atoms with E-state index in [0.29, 0.717) is 24.8 Å². The first-order valence-corrected chi connectivity index (χ1v) is 9.57. The summed E-state index contributed by atoms with van der Waals surface area (Å²) in [5.74, 6) is -0.468. The number of benzene rings is 1. The molecule has 0 atom stereocenters. The van der Waals surface area contributed by atoms with Gasteiger partial charge in [-0.05, 0) is 31.4 Å². The monoisotopic (exact) mass is 398 g/mol. The van der Waals surface area contributed by atoms with Crippen LogP contribution in [0.3, 0.4) is 0 Å². The van der Waals surface area contributed by atoms with E-state index in [0.717, 1.165) is 19.3 Å². The Morgan fingerprint density at radius 1 is 1.26 bits per heavy atom. The standard InChI is InChI=1S/C19H27ClN2O5/c1-25-16-11-13(10-15(20)18(16)27-12-17(21)23)19(24)22-8-5-9-26-14-6-3-2-4-7-14/h10-11,14H,2-9,12H2,1H3,(H2,21,23)(H,22,24). The summed E-state index contributed by atoms with van der Waals surface area (Å²) >= 11 is 6.15. The van der Waals surface area contributed by atoms with Crippen LogP contribution in [0.5, 0.6) is 11.5 Å². The number of amides is 2. The van der Waals surface area contributed by atoms with Gasteiger partial charge in [-0.1, -0.05) is 30.9 Å². The summed E-state index contributed by atoms with van der Waals surface area (Å²) < 4.78 is 16.3. The first-order valence-electron chi connectivity index (χ1n) is 9.19. The van der Waals surface area contributed by atoms with E-state index in [1.54, 1.807) is 0 Å². The molecule has 27 heavy (non-hydrogen) atoms. The number of hydrogen-bond acceptors (Lipinski definition) is 5. The fourth-order valence-corrected chi connectivity index (χ4v) is 3.26. The lowest BCUT2D eigenvalue weighted by Gasteiger charge is -2.21. The van der Waals surface area contributed by atoms with Crippen LogP contribution in [0.1, 0.15) is 48.9 Å². The number of hydrogen-bond donors (Lipinski definition) is 2. The number of halogens is 1. The summed E-state index contributed by atoms with van der Waals surface area (Å²) in [5, 5.41) is 3.00. The smallest absolute Gasteiger partial charge is 0.255 e. The Balaban J connectivity index is 1.82. The Bertz CT molecular complexity index is 647. The number of primary amides is 1. The van der Waals surface area contributed by atoms with Gasteiger partial charge in [0.15, 0.2) is 18.1 Å². The molecular formula is C19H27ClN2O5. The fraction of sp³-hybridized carbons (Fsp3) is 0.579. The highest BCUT2D eigenvalue weighted by molar-refractivity contribution is 6.32. The summed E-state index contributed by atoms with van der Waals surface area (Å²) in [5.41, 5.74) is 5.41. The van der Waals surface area contributed by atoms with Crippen molar-refractivity contribution in [3.63, 3.8) is 0 Å². The Morgan fingerprint density at radius 3 is 2.67 bits per heavy atom. The molecule has 0 bridgehead atoms.